The van der Waals surface area contributed by atoms with E-state index in [9.17, 15) is 9.59 Å². The van der Waals surface area contributed by atoms with Crippen LogP contribution < -0.4 is 5.32 Å². The number of hydrogen-bond donors (Lipinski definition) is 1. The highest BCUT2D eigenvalue weighted by Crippen LogP contribution is 2.11. The average molecular weight is 267 g/mol. The van der Waals surface area contributed by atoms with Crippen LogP contribution in [0.1, 0.15) is 24.5 Å². The van der Waals surface area contributed by atoms with Crippen molar-refractivity contribution >= 4 is 17.8 Å². The van der Waals surface area contributed by atoms with Gasteiger partial charge >= 0.3 is 11.9 Å². The summed E-state index contributed by atoms with van der Waals surface area (Å²) in [6.45, 7) is 3.74. The first-order chi connectivity index (χ1) is 8.99. The van der Waals surface area contributed by atoms with Gasteiger partial charge in [0, 0.05) is 6.20 Å². The molecule has 0 saturated carbocycles. The van der Waals surface area contributed by atoms with Crippen molar-refractivity contribution in [1.29, 1.82) is 0 Å². The van der Waals surface area contributed by atoms with E-state index < -0.39 is 18.0 Å². The van der Waals surface area contributed by atoms with E-state index in [1.54, 1.807) is 6.07 Å². The van der Waals surface area contributed by atoms with Gasteiger partial charge in [0.05, 0.1) is 14.2 Å². The molecule has 0 aromatic carbocycles. The third kappa shape index (κ3) is 3.90. The van der Waals surface area contributed by atoms with E-state index in [2.05, 4.69) is 20.0 Å². The topological polar surface area (TPSA) is 90.4 Å². The van der Waals surface area contributed by atoms with Crippen molar-refractivity contribution in [2.45, 2.75) is 19.9 Å². The van der Waals surface area contributed by atoms with Crippen molar-refractivity contribution < 1.29 is 19.1 Å². The Morgan fingerprint density at radius 3 is 2.47 bits per heavy atom. The first-order valence-corrected chi connectivity index (χ1v) is 5.75. The second-order valence-electron chi connectivity index (χ2n) is 4.15. The highest BCUT2D eigenvalue weighted by molar-refractivity contribution is 5.85. The third-order valence-corrected chi connectivity index (χ3v) is 2.45. The average Bonchev–Trinajstić information content (AvgIpc) is 2.43. The van der Waals surface area contributed by atoms with Gasteiger partial charge in [0.1, 0.15) is 11.9 Å². The third-order valence-electron chi connectivity index (χ3n) is 2.45. The summed E-state index contributed by atoms with van der Waals surface area (Å²) >= 11 is 0. The zero-order valence-corrected chi connectivity index (χ0v) is 11.3. The van der Waals surface area contributed by atoms with E-state index in [1.807, 2.05) is 13.8 Å². The molecule has 7 heteroatoms. The number of carbonyl (C=O) groups excluding carboxylic acids is 2. The molecule has 1 atom stereocenters. The summed E-state index contributed by atoms with van der Waals surface area (Å²) in [5.74, 6) is -0.737. The van der Waals surface area contributed by atoms with E-state index in [4.69, 9.17) is 4.74 Å². The molecule has 19 heavy (non-hydrogen) atoms. The highest BCUT2D eigenvalue weighted by atomic mass is 16.5. The van der Waals surface area contributed by atoms with Gasteiger partial charge in [-0.15, -0.1) is 0 Å². The lowest BCUT2D eigenvalue weighted by Crippen LogP contribution is -2.35. The molecule has 1 aromatic heterocycles. The minimum Gasteiger partial charge on any atom is -0.467 e. The quantitative estimate of drug-likeness (QED) is 0.791. The number of methoxy groups -OCH3 is 2. The van der Waals surface area contributed by atoms with Crippen LogP contribution in [0.2, 0.25) is 0 Å². The first kappa shape index (κ1) is 14.9. The molecule has 0 fully saturated rings. The fourth-order valence-electron chi connectivity index (χ4n) is 1.41. The van der Waals surface area contributed by atoms with Crippen LogP contribution in [0.4, 0.5) is 5.82 Å². The SMILES string of the molecule is COC(=O)c1nccc(NC(C(=O)OC)C(C)C)n1. The molecule has 104 valence electrons. The van der Waals surface area contributed by atoms with Gasteiger partial charge in [-0.3, -0.25) is 0 Å². The van der Waals surface area contributed by atoms with Crippen molar-refractivity contribution in [1.82, 2.24) is 9.97 Å². The lowest BCUT2D eigenvalue weighted by atomic mass is 10.0. The van der Waals surface area contributed by atoms with Crippen LogP contribution in [-0.4, -0.2) is 42.2 Å². The van der Waals surface area contributed by atoms with Gasteiger partial charge in [0.25, 0.3) is 0 Å². The minimum absolute atomic E-state index is 0.00370. The van der Waals surface area contributed by atoms with Crippen LogP contribution in [0.3, 0.4) is 0 Å². The molecule has 1 unspecified atom stereocenters. The van der Waals surface area contributed by atoms with Gasteiger partial charge in [-0.1, -0.05) is 13.8 Å². The smallest absolute Gasteiger partial charge is 0.376 e. The van der Waals surface area contributed by atoms with Crippen LogP contribution in [-0.2, 0) is 14.3 Å². The summed E-state index contributed by atoms with van der Waals surface area (Å²) in [4.78, 5) is 30.7. The molecule has 0 bridgehead atoms. The molecule has 0 amide bonds. The molecule has 0 radical (unpaired) electrons. The summed E-state index contributed by atoms with van der Waals surface area (Å²) in [7, 11) is 2.57. The number of rotatable bonds is 5. The molecule has 7 nitrogen and oxygen atoms in total. The van der Waals surface area contributed by atoms with Gasteiger partial charge < -0.3 is 14.8 Å². The maximum atomic E-state index is 11.6. The maximum Gasteiger partial charge on any atom is 0.376 e. The summed E-state index contributed by atoms with van der Waals surface area (Å²) in [5.41, 5.74) is 0. The molecule has 0 spiro atoms. The van der Waals surface area contributed by atoms with Crippen LogP contribution >= 0.6 is 0 Å². The van der Waals surface area contributed by atoms with Gasteiger partial charge in [0.15, 0.2) is 0 Å². The fourth-order valence-corrected chi connectivity index (χ4v) is 1.41. The van der Waals surface area contributed by atoms with Crippen molar-refractivity contribution in [3.63, 3.8) is 0 Å². The predicted molar refractivity (Wildman–Crippen MR) is 67.6 cm³/mol. The highest BCUT2D eigenvalue weighted by Gasteiger charge is 2.23. The van der Waals surface area contributed by atoms with Gasteiger partial charge in [-0.2, -0.15) is 0 Å². The Hall–Kier alpha value is -2.18. The molecule has 1 aromatic rings. The van der Waals surface area contributed by atoms with Crippen molar-refractivity contribution in [2.75, 3.05) is 19.5 Å². The molecular formula is C12H17N3O4. The number of esters is 2. The zero-order chi connectivity index (χ0) is 14.4. The monoisotopic (exact) mass is 267 g/mol. The fraction of sp³-hybridized carbons (Fsp3) is 0.500. The largest absolute Gasteiger partial charge is 0.467 e. The van der Waals surface area contributed by atoms with Crippen LogP contribution in [0.25, 0.3) is 0 Å². The summed E-state index contributed by atoms with van der Waals surface area (Å²) in [6.07, 6.45) is 1.41. The molecule has 0 saturated heterocycles. The molecular weight excluding hydrogens is 250 g/mol. The molecule has 1 N–H and O–H groups in total. The molecule has 1 rings (SSSR count). The Kier molecular flexibility index (Phi) is 5.23. The zero-order valence-electron chi connectivity index (χ0n) is 11.3. The van der Waals surface area contributed by atoms with Gasteiger partial charge in [-0.25, -0.2) is 19.6 Å². The minimum atomic E-state index is -0.636. The van der Waals surface area contributed by atoms with Gasteiger partial charge in [0.2, 0.25) is 5.82 Å². The van der Waals surface area contributed by atoms with E-state index in [-0.39, 0.29) is 11.7 Å². The van der Waals surface area contributed by atoms with Crippen LogP contribution in [0.15, 0.2) is 12.3 Å². The van der Waals surface area contributed by atoms with E-state index >= 15 is 0 Å². The van der Waals surface area contributed by atoms with Crippen LogP contribution in [0, 0.1) is 5.92 Å². The van der Waals surface area contributed by atoms with E-state index in [0.29, 0.717) is 5.82 Å². The predicted octanol–water partition coefficient (Wildman–Crippen LogP) is 0.873. The molecule has 0 aliphatic heterocycles. The second-order valence-corrected chi connectivity index (χ2v) is 4.15. The number of anilines is 1. The number of nitrogens with one attached hydrogen (secondary N) is 1. The van der Waals surface area contributed by atoms with Gasteiger partial charge in [-0.05, 0) is 12.0 Å². The molecule has 1 heterocycles. The maximum absolute atomic E-state index is 11.6. The Morgan fingerprint density at radius 2 is 1.95 bits per heavy atom. The van der Waals surface area contributed by atoms with Crippen molar-refractivity contribution in [3.05, 3.63) is 18.1 Å². The standard InChI is InChI=1S/C12H17N3O4/c1-7(2)9(11(16)18-3)14-8-5-6-13-10(15-8)12(17)19-4/h5-7,9H,1-4H3,(H,13,14,15). The lowest BCUT2D eigenvalue weighted by molar-refractivity contribution is -0.142. The van der Waals surface area contributed by atoms with E-state index in [0.717, 1.165) is 0 Å². The van der Waals surface area contributed by atoms with Crippen molar-refractivity contribution in [3.8, 4) is 0 Å². The number of carbonyl (C=O) groups is 2. The Morgan fingerprint density at radius 1 is 1.26 bits per heavy atom. The normalized spacial score (nSPS) is 11.8. The van der Waals surface area contributed by atoms with Crippen molar-refractivity contribution in [2.24, 2.45) is 5.92 Å². The first-order valence-electron chi connectivity index (χ1n) is 5.75. The number of nitrogens with zero attached hydrogens (tertiary/aromatic N) is 2. The molecule has 0 aliphatic rings. The summed E-state index contributed by atoms with van der Waals surface area (Å²) < 4.78 is 9.24. The van der Waals surface area contributed by atoms with Crippen LogP contribution in [0.5, 0.6) is 0 Å². The number of hydrogen-bond acceptors (Lipinski definition) is 7. The summed E-state index contributed by atoms with van der Waals surface area (Å²) in [5, 5.41) is 2.92. The Labute approximate surface area is 111 Å². The Balaban J connectivity index is 2.91. The number of ether oxygens (including phenoxy) is 2. The van der Waals surface area contributed by atoms with E-state index in [1.165, 1.54) is 20.4 Å². The molecule has 0 aliphatic carbocycles. The Bertz CT molecular complexity index is 462. The number of aromatic nitrogens is 2. The summed E-state index contributed by atoms with van der Waals surface area (Å²) in [6, 6.07) is 1.01. The second kappa shape index (κ2) is 6.67. The lowest BCUT2D eigenvalue weighted by Gasteiger charge is -2.20.